The molecule has 1 rings (SSSR count). The van der Waals surface area contributed by atoms with Crippen molar-refractivity contribution in [3.8, 4) is 0 Å². The monoisotopic (exact) mass is 235 g/mol. The van der Waals surface area contributed by atoms with Gasteiger partial charge in [0.15, 0.2) is 0 Å². The van der Waals surface area contributed by atoms with Gasteiger partial charge in [-0.2, -0.15) is 0 Å². The molecule has 10 heavy (non-hydrogen) atoms. The molecule has 1 unspecified atom stereocenters. The topological polar surface area (TPSA) is 26.0 Å². The molecule has 0 spiro atoms. The third kappa shape index (κ3) is 1.96. The van der Waals surface area contributed by atoms with Crippen LogP contribution in [0.1, 0.15) is 0 Å². The van der Waals surface area contributed by atoms with Crippen LogP contribution in [0.15, 0.2) is 27.6 Å². The predicted octanol–water partition coefficient (Wildman–Crippen LogP) is 1.92. The summed E-state index contributed by atoms with van der Waals surface area (Å²) in [5, 5.41) is 6.52. The Hall–Kier alpha value is 0.440. The Balaban J connectivity index is 3.07. The third-order valence-electron chi connectivity index (χ3n) is 1.10. The molecular formula is C6H7BrNPS. The standard InChI is InChI=1S/C6H7BrNPS/c7-4-1-2-6(10-8)5(9)3-4/h1-3H,8-9H2. The Morgan fingerprint density at radius 3 is 2.70 bits per heavy atom. The van der Waals surface area contributed by atoms with Crippen molar-refractivity contribution in [1.82, 2.24) is 0 Å². The Morgan fingerprint density at radius 1 is 1.50 bits per heavy atom. The average Bonchev–Trinajstić information content (AvgIpc) is 1.88. The van der Waals surface area contributed by atoms with Gasteiger partial charge in [-0.25, -0.2) is 0 Å². The molecule has 1 nitrogen and oxygen atoms in total. The molecule has 1 atom stereocenters. The van der Waals surface area contributed by atoms with E-state index < -0.39 is 0 Å². The minimum absolute atomic E-state index is 1.08. The van der Waals surface area contributed by atoms with Gasteiger partial charge < -0.3 is 0 Å². The van der Waals surface area contributed by atoms with Crippen molar-refractivity contribution < 1.29 is 0 Å². The van der Waals surface area contributed by atoms with E-state index in [-0.39, 0.29) is 0 Å². The Labute approximate surface area is 75.2 Å². The smallest absolute Gasteiger partial charge is 0.0298 e. The van der Waals surface area contributed by atoms with E-state index in [9.17, 15) is 0 Å². The van der Waals surface area contributed by atoms with E-state index in [0.29, 0.717) is 0 Å². The van der Waals surface area contributed by atoms with Crippen LogP contribution in [0.3, 0.4) is 0 Å². The van der Waals surface area contributed by atoms with Gasteiger partial charge in [-0.15, -0.1) is 9.24 Å². The predicted molar refractivity (Wildman–Crippen MR) is 53.5 cm³/mol. The summed E-state index contributed by atoms with van der Waals surface area (Å²) in [4.78, 5) is 1.09. The highest BCUT2D eigenvalue weighted by molar-refractivity contribution is 9.10. The van der Waals surface area contributed by atoms with Crippen molar-refractivity contribution in [2.24, 2.45) is 5.14 Å². The fraction of sp³-hybridized carbons (Fsp3) is 0. The van der Waals surface area contributed by atoms with Gasteiger partial charge in [0.2, 0.25) is 0 Å². The van der Waals surface area contributed by atoms with E-state index in [1.54, 1.807) is 0 Å². The van der Waals surface area contributed by atoms with Gasteiger partial charge in [0.05, 0.1) is 0 Å². The van der Waals surface area contributed by atoms with Crippen LogP contribution < -0.4 is 10.4 Å². The van der Waals surface area contributed by atoms with Crippen LogP contribution >= 0.6 is 37.1 Å². The molecule has 0 heterocycles. The molecule has 0 saturated carbocycles. The molecule has 4 heteroatoms. The summed E-state index contributed by atoms with van der Waals surface area (Å²) < 4.78 is 1.08. The van der Waals surface area contributed by atoms with E-state index in [1.165, 1.54) is 11.9 Å². The number of hydrogen-bond donors (Lipinski definition) is 1. The van der Waals surface area contributed by atoms with Crippen molar-refractivity contribution in [2.45, 2.75) is 4.90 Å². The molecule has 1 aromatic rings. The highest BCUT2D eigenvalue weighted by Gasteiger charge is 1.95. The van der Waals surface area contributed by atoms with Crippen molar-refractivity contribution in [3.05, 3.63) is 22.7 Å². The summed E-state index contributed by atoms with van der Waals surface area (Å²) in [5.41, 5.74) is 0. The Morgan fingerprint density at radius 2 is 2.20 bits per heavy atom. The molecule has 2 N–H and O–H groups in total. The van der Waals surface area contributed by atoms with Crippen LogP contribution in [0.4, 0.5) is 0 Å². The molecule has 54 valence electrons. The number of benzene rings is 1. The maximum Gasteiger partial charge on any atom is 0.0298 e. The zero-order valence-electron chi connectivity index (χ0n) is 5.17. The maximum absolute atomic E-state index is 5.39. The minimum Gasteiger partial charge on any atom is -0.274 e. The molecule has 0 aromatic heterocycles. The number of rotatable bonds is 1. The molecule has 0 amide bonds. The second kappa shape index (κ2) is 3.72. The summed E-state index contributed by atoms with van der Waals surface area (Å²) in [6.07, 6.45) is 0. The van der Waals surface area contributed by atoms with Gasteiger partial charge in [-0.1, -0.05) is 15.9 Å². The van der Waals surface area contributed by atoms with Crippen molar-refractivity contribution >= 4 is 42.4 Å². The number of halogens is 1. The van der Waals surface area contributed by atoms with Gasteiger partial charge in [-0.3, -0.25) is 5.14 Å². The highest BCUT2D eigenvalue weighted by Crippen LogP contribution is 2.16. The van der Waals surface area contributed by atoms with Gasteiger partial charge >= 0.3 is 0 Å². The molecule has 0 aliphatic rings. The normalized spacial score (nSPS) is 9.90. The number of nitrogens with two attached hydrogens (primary N) is 1. The first kappa shape index (κ1) is 8.54. The first-order chi connectivity index (χ1) is 4.74. The molecular weight excluding hydrogens is 229 g/mol. The molecule has 0 fully saturated rings. The van der Waals surface area contributed by atoms with Crippen LogP contribution in [0.25, 0.3) is 0 Å². The summed E-state index contributed by atoms with van der Waals surface area (Å²) in [6, 6.07) is 5.97. The van der Waals surface area contributed by atoms with Gasteiger partial charge in [0.25, 0.3) is 0 Å². The largest absolute Gasteiger partial charge is 0.274 e. The molecule has 0 saturated heterocycles. The van der Waals surface area contributed by atoms with Crippen molar-refractivity contribution in [3.63, 3.8) is 0 Å². The molecule has 1 aromatic carbocycles. The zero-order valence-corrected chi connectivity index (χ0v) is 8.73. The van der Waals surface area contributed by atoms with E-state index in [2.05, 4.69) is 25.2 Å². The zero-order chi connectivity index (χ0) is 7.56. The van der Waals surface area contributed by atoms with Crippen molar-refractivity contribution in [2.75, 3.05) is 0 Å². The lowest BCUT2D eigenvalue weighted by atomic mass is 10.4. The highest BCUT2D eigenvalue weighted by atomic mass is 79.9. The summed E-state index contributed by atoms with van der Waals surface area (Å²) in [7, 11) is 2.63. The second-order valence-corrected chi connectivity index (χ2v) is 4.01. The van der Waals surface area contributed by atoms with E-state index in [4.69, 9.17) is 5.14 Å². The molecule has 0 aliphatic heterocycles. The quantitative estimate of drug-likeness (QED) is 0.595. The first-order valence-electron chi connectivity index (χ1n) is 2.66. The lowest BCUT2D eigenvalue weighted by molar-refractivity contribution is 1.50. The molecule has 0 radical (unpaired) electrons. The van der Waals surface area contributed by atoms with Crippen LogP contribution in [0, 0.1) is 0 Å². The SMILES string of the molecule is NSc1ccc(Br)cc1P. The van der Waals surface area contributed by atoms with Gasteiger partial charge in [0.1, 0.15) is 0 Å². The van der Waals surface area contributed by atoms with E-state index in [1.807, 2.05) is 18.2 Å². The Bertz CT molecular complexity index is 241. The van der Waals surface area contributed by atoms with Crippen LogP contribution in [0.2, 0.25) is 0 Å². The lowest BCUT2D eigenvalue weighted by Crippen LogP contribution is -1.96. The van der Waals surface area contributed by atoms with E-state index >= 15 is 0 Å². The van der Waals surface area contributed by atoms with E-state index in [0.717, 1.165) is 14.7 Å². The van der Waals surface area contributed by atoms with Gasteiger partial charge in [0, 0.05) is 9.37 Å². The minimum atomic E-state index is 1.08. The third-order valence-corrected chi connectivity index (χ3v) is 2.90. The maximum atomic E-state index is 5.39. The summed E-state index contributed by atoms with van der Waals surface area (Å²) in [6.45, 7) is 0. The first-order valence-corrected chi connectivity index (χ1v) is 4.91. The fourth-order valence-electron chi connectivity index (χ4n) is 0.627. The lowest BCUT2D eigenvalue weighted by Gasteiger charge is -1.99. The molecule has 0 aliphatic carbocycles. The average molecular weight is 236 g/mol. The number of hydrogen-bond acceptors (Lipinski definition) is 2. The summed E-state index contributed by atoms with van der Waals surface area (Å²) in [5.74, 6) is 0. The summed E-state index contributed by atoms with van der Waals surface area (Å²) >= 11 is 4.62. The van der Waals surface area contributed by atoms with Gasteiger partial charge in [-0.05, 0) is 35.5 Å². The second-order valence-electron chi connectivity index (χ2n) is 1.80. The van der Waals surface area contributed by atoms with Crippen LogP contribution in [-0.2, 0) is 0 Å². The van der Waals surface area contributed by atoms with Crippen molar-refractivity contribution in [1.29, 1.82) is 0 Å². The Kier molecular flexibility index (Phi) is 3.18. The molecule has 0 bridgehead atoms. The van der Waals surface area contributed by atoms with Crippen LogP contribution in [0.5, 0.6) is 0 Å². The fourth-order valence-corrected chi connectivity index (χ4v) is 2.07. The van der Waals surface area contributed by atoms with Crippen LogP contribution in [-0.4, -0.2) is 0 Å².